The van der Waals surface area contributed by atoms with Crippen molar-refractivity contribution in [2.75, 3.05) is 6.61 Å². The van der Waals surface area contributed by atoms with E-state index in [1.807, 2.05) is 18.6 Å². The SMILES string of the molecule is Cc1ccc(Cl)cc1OCCC(=O)ONN. The first-order chi connectivity index (χ1) is 7.63. The molecule has 0 heterocycles. The molecule has 1 aromatic carbocycles. The van der Waals surface area contributed by atoms with Crippen molar-refractivity contribution in [3.05, 3.63) is 28.8 Å². The first-order valence-corrected chi connectivity index (χ1v) is 5.05. The zero-order valence-corrected chi connectivity index (χ0v) is 9.58. The van der Waals surface area contributed by atoms with E-state index in [9.17, 15) is 4.79 Å². The molecule has 5 nitrogen and oxygen atoms in total. The van der Waals surface area contributed by atoms with E-state index < -0.39 is 5.97 Å². The van der Waals surface area contributed by atoms with Crippen LogP contribution in [0.15, 0.2) is 18.2 Å². The lowest BCUT2D eigenvalue weighted by atomic mass is 10.2. The van der Waals surface area contributed by atoms with Crippen molar-refractivity contribution in [1.29, 1.82) is 0 Å². The largest absolute Gasteiger partial charge is 0.493 e. The van der Waals surface area contributed by atoms with Crippen molar-refractivity contribution in [3.63, 3.8) is 0 Å². The second kappa shape index (κ2) is 6.32. The van der Waals surface area contributed by atoms with Gasteiger partial charge in [-0.25, -0.2) is 5.84 Å². The molecule has 0 saturated heterocycles. The summed E-state index contributed by atoms with van der Waals surface area (Å²) in [7, 11) is 0. The normalized spacial score (nSPS) is 9.94. The number of carbonyl (C=O) groups excluding carboxylic acids is 1. The lowest BCUT2D eigenvalue weighted by Crippen LogP contribution is -2.26. The van der Waals surface area contributed by atoms with Crippen LogP contribution in [0, 0.1) is 6.92 Å². The topological polar surface area (TPSA) is 73.6 Å². The molecular formula is C10H13ClN2O3. The molecule has 3 N–H and O–H groups in total. The minimum absolute atomic E-state index is 0.107. The van der Waals surface area contributed by atoms with Crippen LogP contribution in [-0.2, 0) is 9.63 Å². The highest BCUT2D eigenvalue weighted by Gasteiger charge is 2.04. The third-order valence-electron chi connectivity index (χ3n) is 1.89. The van der Waals surface area contributed by atoms with Crippen LogP contribution in [-0.4, -0.2) is 12.6 Å². The Balaban J connectivity index is 2.42. The fraction of sp³-hybridized carbons (Fsp3) is 0.300. The summed E-state index contributed by atoms with van der Waals surface area (Å²) >= 11 is 5.81. The lowest BCUT2D eigenvalue weighted by molar-refractivity contribution is -0.151. The number of nitrogens with one attached hydrogen (secondary N) is 1. The number of hydrogen-bond donors (Lipinski definition) is 2. The summed E-state index contributed by atoms with van der Waals surface area (Å²) in [6.07, 6.45) is 0.107. The van der Waals surface area contributed by atoms with Crippen LogP contribution < -0.4 is 16.2 Å². The van der Waals surface area contributed by atoms with Gasteiger partial charge in [-0.1, -0.05) is 23.3 Å². The maximum absolute atomic E-state index is 10.9. The van der Waals surface area contributed by atoms with E-state index >= 15 is 0 Å². The summed E-state index contributed by atoms with van der Waals surface area (Å²) in [5.41, 5.74) is 2.76. The smallest absolute Gasteiger partial charge is 0.329 e. The molecule has 0 bridgehead atoms. The van der Waals surface area contributed by atoms with Crippen LogP contribution in [0.1, 0.15) is 12.0 Å². The first kappa shape index (κ1) is 12.8. The van der Waals surface area contributed by atoms with Crippen LogP contribution in [0.25, 0.3) is 0 Å². The third-order valence-corrected chi connectivity index (χ3v) is 2.12. The van der Waals surface area contributed by atoms with Gasteiger partial charge in [0.2, 0.25) is 0 Å². The highest BCUT2D eigenvalue weighted by atomic mass is 35.5. The molecular weight excluding hydrogens is 232 g/mol. The number of carbonyl (C=O) groups is 1. The molecule has 0 aliphatic rings. The molecule has 0 aliphatic carbocycles. The maximum atomic E-state index is 10.9. The average Bonchev–Trinajstić information content (AvgIpc) is 2.23. The molecule has 0 aromatic heterocycles. The van der Waals surface area contributed by atoms with Gasteiger partial charge in [-0.15, -0.1) is 0 Å². The summed E-state index contributed by atoms with van der Waals surface area (Å²) in [5, 5.41) is 0.590. The number of benzene rings is 1. The minimum Gasteiger partial charge on any atom is -0.493 e. The Morgan fingerprint density at radius 2 is 2.31 bits per heavy atom. The lowest BCUT2D eigenvalue weighted by Gasteiger charge is -2.08. The minimum atomic E-state index is -0.484. The first-order valence-electron chi connectivity index (χ1n) is 4.67. The molecule has 1 rings (SSSR count). The Morgan fingerprint density at radius 1 is 1.56 bits per heavy atom. The maximum Gasteiger partial charge on any atom is 0.329 e. The molecule has 0 fully saturated rings. The summed E-state index contributed by atoms with van der Waals surface area (Å²) in [6, 6.07) is 5.32. The van der Waals surface area contributed by atoms with E-state index in [0.29, 0.717) is 10.8 Å². The van der Waals surface area contributed by atoms with E-state index in [2.05, 4.69) is 4.84 Å². The van der Waals surface area contributed by atoms with Gasteiger partial charge in [0, 0.05) is 5.02 Å². The Hall–Kier alpha value is -1.30. The molecule has 88 valence electrons. The van der Waals surface area contributed by atoms with Gasteiger partial charge >= 0.3 is 5.97 Å². The Kier molecular flexibility index (Phi) is 5.04. The number of halogens is 1. The summed E-state index contributed by atoms with van der Waals surface area (Å²) < 4.78 is 5.38. The molecule has 16 heavy (non-hydrogen) atoms. The molecule has 6 heteroatoms. The van der Waals surface area contributed by atoms with Gasteiger partial charge in [0.25, 0.3) is 0 Å². The van der Waals surface area contributed by atoms with Gasteiger partial charge in [0.05, 0.1) is 13.0 Å². The summed E-state index contributed by atoms with van der Waals surface area (Å²) in [5.74, 6) is 4.97. The number of hydrazine groups is 1. The van der Waals surface area contributed by atoms with E-state index in [-0.39, 0.29) is 13.0 Å². The van der Waals surface area contributed by atoms with Gasteiger partial charge < -0.3 is 9.57 Å². The van der Waals surface area contributed by atoms with Gasteiger partial charge in [-0.05, 0) is 24.6 Å². The highest BCUT2D eigenvalue weighted by Crippen LogP contribution is 2.22. The predicted molar refractivity (Wildman–Crippen MR) is 59.7 cm³/mol. The van der Waals surface area contributed by atoms with Crippen LogP contribution in [0.4, 0.5) is 0 Å². The zero-order valence-electron chi connectivity index (χ0n) is 8.83. The van der Waals surface area contributed by atoms with Crippen molar-refractivity contribution in [3.8, 4) is 5.75 Å². The van der Waals surface area contributed by atoms with Crippen molar-refractivity contribution in [2.45, 2.75) is 13.3 Å². The van der Waals surface area contributed by atoms with Crippen molar-refractivity contribution >= 4 is 17.6 Å². The van der Waals surface area contributed by atoms with Gasteiger partial charge in [0.15, 0.2) is 0 Å². The predicted octanol–water partition coefficient (Wildman–Crippen LogP) is 1.34. The number of rotatable bonds is 5. The highest BCUT2D eigenvalue weighted by molar-refractivity contribution is 6.30. The van der Waals surface area contributed by atoms with Crippen LogP contribution in [0.5, 0.6) is 5.75 Å². The molecule has 0 unspecified atom stereocenters. The second-order valence-electron chi connectivity index (χ2n) is 3.10. The molecule has 0 aliphatic heterocycles. The fourth-order valence-electron chi connectivity index (χ4n) is 1.09. The van der Waals surface area contributed by atoms with E-state index in [1.54, 1.807) is 12.1 Å². The second-order valence-corrected chi connectivity index (χ2v) is 3.54. The number of aryl methyl sites for hydroxylation is 1. The number of ether oxygens (including phenoxy) is 1. The molecule has 1 aromatic rings. The Morgan fingerprint density at radius 3 is 3.00 bits per heavy atom. The van der Waals surface area contributed by atoms with Gasteiger partial charge in [-0.2, -0.15) is 0 Å². The van der Waals surface area contributed by atoms with Gasteiger partial charge in [0.1, 0.15) is 5.75 Å². The number of hydrogen-bond acceptors (Lipinski definition) is 5. The fourth-order valence-corrected chi connectivity index (χ4v) is 1.25. The van der Waals surface area contributed by atoms with Crippen molar-refractivity contribution < 1.29 is 14.4 Å². The monoisotopic (exact) mass is 244 g/mol. The molecule has 0 atom stereocenters. The van der Waals surface area contributed by atoms with Crippen LogP contribution in [0.3, 0.4) is 0 Å². The molecule has 0 saturated carbocycles. The Bertz CT molecular complexity index is 371. The number of nitrogens with two attached hydrogens (primary N) is 1. The van der Waals surface area contributed by atoms with Crippen molar-refractivity contribution in [2.24, 2.45) is 5.84 Å². The summed E-state index contributed by atoms with van der Waals surface area (Å²) in [6.45, 7) is 2.10. The third kappa shape index (κ3) is 4.06. The van der Waals surface area contributed by atoms with E-state index in [4.69, 9.17) is 22.2 Å². The molecule has 0 spiro atoms. The van der Waals surface area contributed by atoms with Crippen molar-refractivity contribution in [1.82, 2.24) is 5.59 Å². The van der Waals surface area contributed by atoms with E-state index in [1.165, 1.54) is 0 Å². The quantitative estimate of drug-likeness (QED) is 0.604. The molecule has 0 amide bonds. The van der Waals surface area contributed by atoms with Gasteiger partial charge in [-0.3, -0.25) is 4.79 Å². The molecule has 0 radical (unpaired) electrons. The van der Waals surface area contributed by atoms with Crippen LogP contribution in [0.2, 0.25) is 5.02 Å². The van der Waals surface area contributed by atoms with Crippen LogP contribution >= 0.6 is 11.6 Å². The Labute approximate surface area is 98.4 Å². The average molecular weight is 245 g/mol. The van der Waals surface area contributed by atoms with E-state index in [0.717, 1.165) is 5.56 Å². The zero-order chi connectivity index (χ0) is 12.0. The summed E-state index contributed by atoms with van der Waals surface area (Å²) in [4.78, 5) is 15.2. The standard InChI is InChI=1S/C10H13ClN2O3/c1-7-2-3-8(11)6-9(7)15-5-4-10(14)16-13-12/h2-3,6,13H,4-5,12H2,1H3.